The van der Waals surface area contributed by atoms with Crippen molar-refractivity contribution in [3.63, 3.8) is 0 Å². The van der Waals surface area contributed by atoms with E-state index in [2.05, 4.69) is 54.4 Å². The molecule has 3 aromatic carbocycles. The minimum atomic E-state index is -2.59. The van der Waals surface area contributed by atoms with Crippen molar-refractivity contribution in [1.82, 2.24) is 25.6 Å². The number of benzene rings is 3. The third kappa shape index (κ3) is 13.5. The number of nitro benzene ring substituents is 2. The maximum absolute atomic E-state index is 13.4. The fraction of sp³-hybridized carbons (Fsp3) is 0.462. The number of hydrogen-bond acceptors (Lipinski definition) is 16. The van der Waals surface area contributed by atoms with E-state index in [1.807, 2.05) is 43.0 Å². The fourth-order valence-electron chi connectivity index (χ4n) is 6.13. The number of rotatable bonds is 24. The SMILES string of the molecule is CO[Si](CCCSCCCNc1nc(N[C@H](C)c2cccc3ccccc23)nc(OCCNC(=O)[C@@H](NC(=O)c2cc([N+](=O)[O-])cc([N+](=O)[O-])c2)C(C)(C)C)n1)(OC)OC. The number of carbonyl (C=O) groups excluding carboxylic acids is 2. The molecule has 4 N–H and O–H groups in total. The normalized spacial score (nSPS) is 12.7. The van der Waals surface area contributed by atoms with Crippen LogP contribution in [0, 0.1) is 25.6 Å². The van der Waals surface area contributed by atoms with Gasteiger partial charge in [-0.1, -0.05) is 63.2 Å². The lowest BCUT2D eigenvalue weighted by atomic mass is 9.86. The van der Waals surface area contributed by atoms with Crippen LogP contribution in [0.25, 0.3) is 10.8 Å². The number of fused-ring (bicyclic) bond motifs is 1. The molecule has 0 saturated heterocycles. The number of nitro groups is 2. The Morgan fingerprint density at radius 2 is 1.48 bits per heavy atom. The number of hydrogen-bond donors (Lipinski definition) is 4. The van der Waals surface area contributed by atoms with Gasteiger partial charge in [-0.05, 0) is 53.0 Å². The Morgan fingerprint density at radius 1 is 0.850 bits per heavy atom. The van der Waals surface area contributed by atoms with Crippen molar-refractivity contribution < 1.29 is 37.5 Å². The first-order chi connectivity index (χ1) is 28.6. The highest BCUT2D eigenvalue weighted by Crippen LogP contribution is 2.28. The summed E-state index contributed by atoms with van der Waals surface area (Å²) in [4.78, 5) is 61.2. The van der Waals surface area contributed by atoms with E-state index in [1.54, 1.807) is 42.1 Å². The molecule has 324 valence electrons. The smallest absolute Gasteiger partial charge is 0.461 e. The van der Waals surface area contributed by atoms with Crippen LogP contribution in [0.15, 0.2) is 60.7 Å². The van der Waals surface area contributed by atoms with E-state index in [0.29, 0.717) is 12.5 Å². The zero-order valence-electron chi connectivity index (χ0n) is 34.8. The molecule has 0 radical (unpaired) electrons. The second-order valence-corrected chi connectivity index (χ2v) is 19.0. The molecular weight excluding hydrogens is 815 g/mol. The number of anilines is 2. The second-order valence-electron chi connectivity index (χ2n) is 14.7. The van der Waals surface area contributed by atoms with Crippen LogP contribution in [0.5, 0.6) is 6.01 Å². The van der Waals surface area contributed by atoms with E-state index in [9.17, 15) is 29.8 Å². The molecule has 0 aliphatic heterocycles. The van der Waals surface area contributed by atoms with Crippen LogP contribution < -0.4 is 26.0 Å². The van der Waals surface area contributed by atoms with Crippen molar-refractivity contribution >= 4 is 66.4 Å². The Balaban J connectivity index is 1.40. The highest BCUT2D eigenvalue weighted by molar-refractivity contribution is 7.99. The molecule has 4 aromatic rings. The molecule has 0 bridgehead atoms. The molecule has 0 aliphatic carbocycles. The number of nitrogens with zero attached hydrogens (tertiary/aromatic N) is 5. The lowest BCUT2D eigenvalue weighted by Gasteiger charge is -2.30. The first kappa shape index (κ1) is 47.2. The van der Waals surface area contributed by atoms with Gasteiger partial charge in [0.25, 0.3) is 17.3 Å². The van der Waals surface area contributed by atoms with Crippen molar-refractivity contribution in [2.75, 3.05) is 63.2 Å². The summed E-state index contributed by atoms with van der Waals surface area (Å²) < 4.78 is 22.4. The van der Waals surface area contributed by atoms with Gasteiger partial charge in [-0.15, -0.1) is 0 Å². The van der Waals surface area contributed by atoms with Crippen LogP contribution in [-0.4, -0.2) is 104 Å². The Bertz CT molecular complexity index is 2060. The van der Waals surface area contributed by atoms with Gasteiger partial charge in [0.1, 0.15) is 12.6 Å². The molecule has 0 aliphatic rings. The minimum Gasteiger partial charge on any atom is -0.461 e. The largest absolute Gasteiger partial charge is 0.500 e. The van der Waals surface area contributed by atoms with Crippen LogP contribution in [0.1, 0.15) is 62.5 Å². The zero-order chi connectivity index (χ0) is 43.9. The standard InChI is InChI=1S/C39H53N9O10SSi/c1-26(31-16-10-14-27-13-8-9-15-32(27)31)42-37-44-36(41-17-11-20-59-21-12-22-60(55-5,56-6)57-7)45-38(46-37)58-19-18-40-35(50)33(39(2,3)4)43-34(49)28-23-29(47(51)52)25-30(24-28)48(53)54/h8-10,13-16,23-26,33H,11-12,17-22H2,1-7H3,(H,40,50)(H,43,49)(H2,41,42,44,45,46)/t26-,33-/m1/s1. The maximum atomic E-state index is 13.4. The quantitative estimate of drug-likeness (QED) is 0.0267. The topological polar surface area (TPSA) is 244 Å². The Morgan fingerprint density at radius 3 is 2.13 bits per heavy atom. The van der Waals surface area contributed by atoms with Gasteiger partial charge in [0.15, 0.2) is 0 Å². The molecule has 2 amide bonds. The molecule has 0 unspecified atom stereocenters. The summed E-state index contributed by atoms with van der Waals surface area (Å²) in [6, 6.07) is 16.2. The monoisotopic (exact) mass is 867 g/mol. The highest BCUT2D eigenvalue weighted by Gasteiger charge is 2.37. The molecule has 0 saturated carbocycles. The third-order valence-corrected chi connectivity index (χ3v) is 13.3. The van der Waals surface area contributed by atoms with E-state index >= 15 is 0 Å². The molecule has 1 heterocycles. The number of thioether (sulfide) groups is 1. The first-order valence-electron chi connectivity index (χ1n) is 19.2. The van der Waals surface area contributed by atoms with E-state index in [4.69, 9.17) is 18.0 Å². The van der Waals surface area contributed by atoms with Crippen molar-refractivity contribution in [2.24, 2.45) is 5.41 Å². The van der Waals surface area contributed by atoms with E-state index in [-0.39, 0.29) is 36.7 Å². The molecule has 19 nitrogen and oxygen atoms in total. The summed E-state index contributed by atoms with van der Waals surface area (Å²) in [5.74, 6) is 0.941. The maximum Gasteiger partial charge on any atom is 0.500 e. The van der Waals surface area contributed by atoms with E-state index < -0.39 is 53.3 Å². The Kier molecular flexibility index (Phi) is 17.5. The molecule has 21 heteroatoms. The van der Waals surface area contributed by atoms with Crippen molar-refractivity contribution in [2.45, 2.75) is 58.7 Å². The van der Waals surface area contributed by atoms with Gasteiger partial charge in [-0.3, -0.25) is 29.8 Å². The van der Waals surface area contributed by atoms with Crippen LogP contribution in [-0.2, 0) is 18.1 Å². The lowest BCUT2D eigenvalue weighted by Crippen LogP contribution is -2.54. The number of carbonyl (C=O) groups is 2. The summed E-state index contributed by atoms with van der Waals surface area (Å²) in [5, 5.41) is 36.9. The average molecular weight is 868 g/mol. The fourth-order valence-corrected chi connectivity index (χ4v) is 9.01. The summed E-state index contributed by atoms with van der Waals surface area (Å²) in [7, 11) is 2.24. The molecule has 60 heavy (non-hydrogen) atoms. The van der Waals surface area contributed by atoms with Gasteiger partial charge < -0.3 is 39.3 Å². The predicted molar refractivity (Wildman–Crippen MR) is 231 cm³/mol. The van der Waals surface area contributed by atoms with E-state index in [0.717, 1.165) is 64.9 Å². The zero-order valence-corrected chi connectivity index (χ0v) is 36.6. The van der Waals surface area contributed by atoms with Crippen molar-refractivity contribution in [1.29, 1.82) is 0 Å². The van der Waals surface area contributed by atoms with Gasteiger partial charge in [-0.25, -0.2) is 0 Å². The first-order valence-corrected chi connectivity index (χ1v) is 22.3. The Labute approximate surface area is 353 Å². The van der Waals surface area contributed by atoms with Gasteiger partial charge in [-0.2, -0.15) is 26.7 Å². The van der Waals surface area contributed by atoms with E-state index in [1.165, 1.54) is 0 Å². The lowest BCUT2D eigenvalue weighted by molar-refractivity contribution is -0.394. The Hall–Kier alpha value is -5.48. The highest BCUT2D eigenvalue weighted by atomic mass is 32.2. The molecule has 0 spiro atoms. The molecule has 4 rings (SSSR count). The summed E-state index contributed by atoms with van der Waals surface area (Å²) >= 11 is 1.82. The van der Waals surface area contributed by atoms with Crippen molar-refractivity contribution in [3.8, 4) is 6.01 Å². The summed E-state index contributed by atoms with van der Waals surface area (Å²) in [6.45, 7) is 7.69. The molecular formula is C39H53N9O10SSi. The predicted octanol–water partition coefficient (Wildman–Crippen LogP) is 6.16. The summed E-state index contributed by atoms with van der Waals surface area (Å²) in [6.07, 6.45) is 1.73. The van der Waals surface area contributed by atoms with Gasteiger partial charge in [0.05, 0.1) is 34.1 Å². The minimum absolute atomic E-state index is 0.00679. The number of ether oxygens (including phenoxy) is 1. The van der Waals surface area contributed by atoms with Crippen LogP contribution in [0.4, 0.5) is 23.3 Å². The second kappa shape index (κ2) is 22.2. The number of aromatic nitrogens is 3. The average Bonchev–Trinajstić information content (AvgIpc) is 3.23. The number of non-ortho nitro benzene ring substituents is 2. The van der Waals surface area contributed by atoms with Crippen LogP contribution >= 0.6 is 11.8 Å². The third-order valence-electron chi connectivity index (χ3n) is 9.33. The molecule has 1 aromatic heterocycles. The molecule has 0 fully saturated rings. The number of nitrogens with one attached hydrogen (secondary N) is 4. The van der Waals surface area contributed by atoms with Gasteiger partial charge in [0.2, 0.25) is 17.8 Å². The summed E-state index contributed by atoms with van der Waals surface area (Å²) in [5.41, 5.74) is -1.37. The van der Waals surface area contributed by atoms with Crippen LogP contribution in [0.3, 0.4) is 0 Å². The molecule has 2 atom stereocenters. The van der Waals surface area contributed by atoms with Crippen LogP contribution in [0.2, 0.25) is 6.04 Å². The van der Waals surface area contributed by atoms with Gasteiger partial charge in [0, 0.05) is 46.1 Å². The van der Waals surface area contributed by atoms with Gasteiger partial charge >= 0.3 is 14.8 Å². The van der Waals surface area contributed by atoms with Crippen molar-refractivity contribution in [3.05, 3.63) is 92.0 Å². The number of amides is 2.